The van der Waals surface area contributed by atoms with Gasteiger partial charge in [-0.05, 0) is 25.8 Å². The van der Waals surface area contributed by atoms with Crippen molar-refractivity contribution < 1.29 is 14.1 Å². The largest absolute Gasteiger partial charge is 0.490 e. The molecule has 0 unspecified atom stereocenters. The van der Waals surface area contributed by atoms with Gasteiger partial charge in [0.25, 0.3) is 5.69 Å². The number of nitrogens with zero attached hydrogens (tertiary/aromatic N) is 1. The fourth-order valence-corrected chi connectivity index (χ4v) is 3.52. The normalized spacial score (nSPS) is 17.5. The zero-order chi connectivity index (χ0) is 15.5. The predicted molar refractivity (Wildman–Crippen MR) is 82.6 cm³/mol. The van der Waals surface area contributed by atoms with Gasteiger partial charge in [-0.1, -0.05) is 35.2 Å². The van der Waals surface area contributed by atoms with E-state index >= 15 is 0 Å². The molecule has 1 saturated carbocycles. The molecule has 1 aromatic rings. The lowest BCUT2D eigenvalue weighted by Crippen LogP contribution is -2.32. The van der Waals surface area contributed by atoms with Crippen molar-refractivity contribution in [3.63, 3.8) is 0 Å². The van der Waals surface area contributed by atoms with Crippen LogP contribution in [0.2, 0.25) is 0 Å². The van der Waals surface area contributed by atoms with Gasteiger partial charge in [-0.25, -0.2) is 4.39 Å². The standard InChI is InChI=1S/C15H19BrFNO3/c1-11-7-14(12(17)8-13(11)18(19)20)21-10-15(9-16)5-3-2-4-6-15/h7-8H,2-6,9-10H2,1H3. The van der Waals surface area contributed by atoms with Crippen LogP contribution < -0.4 is 4.74 Å². The molecular formula is C15H19BrFNO3. The fourth-order valence-electron chi connectivity index (χ4n) is 2.80. The van der Waals surface area contributed by atoms with E-state index in [1.54, 1.807) is 6.92 Å². The van der Waals surface area contributed by atoms with Gasteiger partial charge in [-0.3, -0.25) is 10.1 Å². The number of nitro groups is 1. The maximum absolute atomic E-state index is 13.9. The molecule has 0 aromatic heterocycles. The molecule has 21 heavy (non-hydrogen) atoms. The molecule has 1 fully saturated rings. The lowest BCUT2D eigenvalue weighted by atomic mass is 9.76. The highest BCUT2D eigenvalue weighted by Crippen LogP contribution is 2.39. The van der Waals surface area contributed by atoms with Crippen molar-refractivity contribution in [1.82, 2.24) is 0 Å². The van der Waals surface area contributed by atoms with Gasteiger partial charge >= 0.3 is 0 Å². The number of ether oxygens (including phenoxy) is 1. The molecule has 0 atom stereocenters. The first-order chi connectivity index (χ1) is 9.97. The summed E-state index contributed by atoms with van der Waals surface area (Å²) in [5.74, 6) is -0.572. The third-order valence-electron chi connectivity index (χ3n) is 4.18. The Morgan fingerprint density at radius 1 is 1.38 bits per heavy atom. The Balaban J connectivity index is 2.12. The first-order valence-electron chi connectivity index (χ1n) is 7.11. The van der Waals surface area contributed by atoms with E-state index < -0.39 is 10.7 Å². The number of rotatable bonds is 5. The highest BCUT2D eigenvalue weighted by Gasteiger charge is 2.32. The van der Waals surface area contributed by atoms with E-state index in [0.717, 1.165) is 37.1 Å². The second-order valence-corrected chi connectivity index (χ2v) is 6.37. The van der Waals surface area contributed by atoms with Crippen molar-refractivity contribution in [1.29, 1.82) is 0 Å². The average molecular weight is 360 g/mol. The molecule has 0 heterocycles. The van der Waals surface area contributed by atoms with Crippen LogP contribution in [0.1, 0.15) is 37.7 Å². The SMILES string of the molecule is Cc1cc(OCC2(CBr)CCCCC2)c(F)cc1[N+](=O)[O-]. The van der Waals surface area contributed by atoms with Crippen LogP contribution in [0.5, 0.6) is 5.75 Å². The minimum absolute atomic E-state index is 0.0420. The van der Waals surface area contributed by atoms with Crippen molar-refractivity contribution in [2.24, 2.45) is 5.41 Å². The zero-order valence-electron chi connectivity index (χ0n) is 12.0. The zero-order valence-corrected chi connectivity index (χ0v) is 13.6. The summed E-state index contributed by atoms with van der Waals surface area (Å²) in [5, 5.41) is 11.6. The third-order valence-corrected chi connectivity index (χ3v) is 5.37. The molecule has 4 nitrogen and oxygen atoms in total. The molecule has 2 rings (SSSR count). The number of hydrogen-bond donors (Lipinski definition) is 0. The Morgan fingerprint density at radius 3 is 2.62 bits per heavy atom. The van der Waals surface area contributed by atoms with Gasteiger partial charge in [0.05, 0.1) is 17.6 Å². The van der Waals surface area contributed by atoms with Crippen molar-refractivity contribution in [3.8, 4) is 5.75 Å². The van der Waals surface area contributed by atoms with E-state index in [0.29, 0.717) is 12.2 Å². The van der Waals surface area contributed by atoms with Crippen LogP contribution in [-0.4, -0.2) is 16.9 Å². The monoisotopic (exact) mass is 359 g/mol. The molecule has 1 aliphatic carbocycles. The van der Waals surface area contributed by atoms with Gasteiger partial charge < -0.3 is 4.74 Å². The second kappa shape index (κ2) is 6.73. The Bertz CT molecular complexity index is 530. The lowest BCUT2D eigenvalue weighted by molar-refractivity contribution is -0.385. The highest BCUT2D eigenvalue weighted by molar-refractivity contribution is 9.09. The minimum atomic E-state index is -0.673. The highest BCUT2D eigenvalue weighted by atomic mass is 79.9. The number of hydrogen-bond acceptors (Lipinski definition) is 3. The van der Waals surface area contributed by atoms with E-state index in [-0.39, 0.29) is 16.9 Å². The Labute approximate surface area is 132 Å². The maximum atomic E-state index is 13.9. The number of benzene rings is 1. The van der Waals surface area contributed by atoms with E-state index in [4.69, 9.17) is 4.74 Å². The molecule has 0 amide bonds. The van der Waals surface area contributed by atoms with Crippen molar-refractivity contribution in [2.75, 3.05) is 11.9 Å². The van der Waals surface area contributed by atoms with Gasteiger partial charge in [-0.2, -0.15) is 0 Å². The smallest absolute Gasteiger partial charge is 0.275 e. The van der Waals surface area contributed by atoms with E-state index in [1.165, 1.54) is 12.5 Å². The Morgan fingerprint density at radius 2 is 2.05 bits per heavy atom. The van der Waals surface area contributed by atoms with E-state index in [9.17, 15) is 14.5 Å². The summed E-state index contributed by atoms with van der Waals surface area (Å²) in [5.41, 5.74) is 0.237. The average Bonchev–Trinajstić information content (AvgIpc) is 2.48. The molecule has 0 spiro atoms. The molecule has 1 aromatic carbocycles. The van der Waals surface area contributed by atoms with Crippen LogP contribution >= 0.6 is 15.9 Å². The molecule has 0 aliphatic heterocycles. The van der Waals surface area contributed by atoms with Gasteiger partial charge in [0, 0.05) is 16.3 Å². The van der Waals surface area contributed by atoms with E-state index in [2.05, 4.69) is 15.9 Å². The first-order valence-corrected chi connectivity index (χ1v) is 8.23. The summed E-state index contributed by atoms with van der Waals surface area (Å²) in [6.45, 7) is 2.03. The Hall–Kier alpha value is -1.17. The number of alkyl halides is 1. The molecule has 0 bridgehead atoms. The molecule has 116 valence electrons. The molecule has 0 radical (unpaired) electrons. The summed E-state index contributed by atoms with van der Waals surface area (Å²) in [6.07, 6.45) is 5.69. The van der Waals surface area contributed by atoms with Crippen LogP contribution in [0.25, 0.3) is 0 Å². The minimum Gasteiger partial charge on any atom is -0.490 e. The van der Waals surface area contributed by atoms with Crippen molar-refractivity contribution in [2.45, 2.75) is 39.0 Å². The van der Waals surface area contributed by atoms with Gasteiger partial charge in [0.1, 0.15) is 0 Å². The van der Waals surface area contributed by atoms with E-state index in [1.807, 2.05) is 0 Å². The van der Waals surface area contributed by atoms with Gasteiger partial charge in [0.15, 0.2) is 11.6 Å². The van der Waals surface area contributed by atoms with Crippen molar-refractivity contribution in [3.05, 3.63) is 33.6 Å². The van der Waals surface area contributed by atoms with Crippen LogP contribution in [0.3, 0.4) is 0 Å². The van der Waals surface area contributed by atoms with Crippen molar-refractivity contribution >= 4 is 21.6 Å². The summed E-state index contributed by atoms with van der Waals surface area (Å²) >= 11 is 3.54. The molecule has 1 aliphatic rings. The topological polar surface area (TPSA) is 52.4 Å². The van der Waals surface area contributed by atoms with Crippen LogP contribution in [0, 0.1) is 28.3 Å². The summed E-state index contributed by atoms with van der Waals surface area (Å²) in [6, 6.07) is 2.35. The number of nitro benzene ring substituents is 1. The summed E-state index contributed by atoms with van der Waals surface area (Å²) < 4.78 is 19.6. The van der Waals surface area contributed by atoms with Crippen LogP contribution in [0.4, 0.5) is 10.1 Å². The molecule has 6 heteroatoms. The summed E-state index contributed by atoms with van der Waals surface area (Å²) in [7, 11) is 0. The van der Waals surface area contributed by atoms with Crippen LogP contribution in [0.15, 0.2) is 12.1 Å². The molecule has 0 N–H and O–H groups in total. The van der Waals surface area contributed by atoms with Crippen LogP contribution in [-0.2, 0) is 0 Å². The number of halogens is 2. The predicted octanol–water partition coefficient (Wildman–Crippen LogP) is 4.77. The fraction of sp³-hybridized carbons (Fsp3) is 0.600. The van der Waals surface area contributed by atoms with Gasteiger partial charge in [0.2, 0.25) is 0 Å². The lowest BCUT2D eigenvalue weighted by Gasteiger charge is -2.35. The second-order valence-electron chi connectivity index (χ2n) is 5.81. The quantitative estimate of drug-likeness (QED) is 0.432. The summed E-state index contributed by atoms with van der Waals surface area (Å²) in [4.78, 5) is 10.2. The first kappa shape index (κ1) is 16.2. The molecule has 0 saturated heterocycles. The number of aryl methyl sites for hydroxylation is 1. The third kappa shape index (κ3) is 3.73. The maximum Gasteiger partial charge on any atom is 0.275 e. The van der Waals surface area contributed by atoms with Gasteiger partial charge in [-0.15, -0.1) is 0 Å². The molecular weight excluding hydrogens is 341 g/mol. The Kier molecular flexibility index (Phi) is 5.19.